The molecule has 0 aromatic heterocycles. The number of rotatable bonds is 0. The van der Waals surface area contributed by atoms with E-state index in [1.54, 1.807) is 22.3 Å². The van der Waals surface area contributed by atoms with Crippen molar-refractivity contribution >= 4 is 52.5 Å². The Morgan fingerprint density at radius 1 is 0.400 bits per heavy atom. The number of hydrogen-bond donors (Lipinski definition) is 0. The van der Waals surface area contributed by atoms with Crippen LogP contribution in [-0.2, 0) is 21.3 Å². The van der Waals surface area contributed by atoms with Crippen LogP contribution in [0, 0.1) is 0 Å². The fraction of sp³-hybridized carbons (Fsp3) is 0.250. The van der Waals surface area contributed by atoms with E-state index in [1.165, 1.54) is 21.3 Å². The van der Waals surface area contributed by atoms with Crippen molar-refractivity contribution in [1.29, 1.82) is 0 Å². The van der Waals surface area contributed by atoms with Gasteiger partial charge in [-0.15, -0.1) is 0 Å². The second-order valence-electron chi connectivity index (χ2n) is 4.68. The Kier molecular flexibility index (Phi) is 6.34. The predicted octanol–water partition coefficient (Wildman–Crippen LogP) is 2.05. The van der Waals surface area contributed by atoms with E-state index in [2.05, 4.69) is 48.5 Å². The molecule has 0 saturated carbocycles. The van der Waals surface area contributed by atoms with E-state index in [-0.39, 0.29) is 0 Å². The maximum atomic E-state index is 2.37. The molecule has 0 nitrogen and oxygen atoms in total. The minimum atomic E-state index is 0.803. The summed E-state index contributed by atoms with van der Waals surface area (Å²) in [6.45, 7) is 0. The van der Waals surface area contributed by atoms with Crippen LogP contribution >= 0.6 is 0 Å². The molecule has 6 rings (SSSR count). The van der Waals surface area contributed by atoms with E-state index >= 15 is 0 Å². The Morgan fingerprint density at radius 2 is 0.600 bits per heavy atom. The van der Waals surface area contributed by atoms with Crippen LogP contribution in [0.25, 0.3) is 0 Å². The molecule has 4 aliphatic rings. The van der Waals surface area contributed by atoms with E-state index < -0.39 is 0 Å². The molecule has 0 saturated heterocycles. The zero-order valence-electron chi connectivity index (χ0n) is 11.1. The molecular weight excluding hydrogens is 508 g/mol. The van der Waals surface area contributed by atoms with Crippen molar-refractivity contribution in [1.82, 2.24) is 0 Å². The van der Waals surface area contributed by atoms with Crippen LogP contribution in [0.15, 0.2) is 48.5 Å². The molecule has 0 atom stereocenters. The Hall–Kier alpha value is 0.518. The van der Waals surface area contributed by atoms with Gasteiger partial charge in [0.25, 0.3) is 0 Å². The van der Waals surface area contributed by atoms with Crippen LogP contribution < -0.4 is 0 Å². The topological polar surface area (TPSA) is 0 Å². The fourth-order valence-corrected chi connectivity index (χ4v) is 14.9. The average molecular weight is 524 g/mol. The van der Waals surface area contributed by atoms with Crippen molar-refractivity contribution in [3.63, 3.8) is 0 Å². The van der Waals surface area contributed by atoms with Crippen molar-refractivity contribution in [2.75, 3.05) is 0 Å². The monoisotopic (exact) mass is 528 g/mol. The summed E-state index contributed by atoms with van der Waals surface area (Å²) in [5.74, 6) is 0. The molecule has 20 heavy (non-hydrogen) atoms. The average Bonchev–Trinajstić information content (AvgIpc) is 2.49. The van der Waals surface area contributed by atoms with Crippen molar-refractivity contribution < 1.29 is 0 Å². The molecule has 4 bridgehead atoms. The van der Waals surface area contributed by atoms with E-state index in [0.29, 0.717) is 0 Å². The van der Waals surface area contributed by atoms with Gasteiger partial charge in [0, 0.05) is 0 Å². The normalized spacial score (nSPS) is 16.4. The summed E-state index contributed by atoms with van der Waals surface area (Å²) in [5, 5.41) is 5.28. The van der Waals surface area contributed by atoms with E-state index in [9.17, 15) is 0 Å². The molecule has 4 aliphatic heterocycles. The summed E-state index contributed by atoms with van der Waals surface area (Å²) in [4.78, 5) is 0. The Bertz CT molecular complexity index is 432. The second-order valence-corrected chi connectivity index (χ2v) is 19.4. The van der Waals surface area contributed by atoms with Gasteiger partial charge in [-0.2, -0.15) is 0 Å². The molecule has 0 spiro atoms. The van der Waals surface area contributed by atoms with Gasteiger partial charge in [0.2, 0.25) is 0 Å². The summed E-state index contributed by atoms with van der Waals surface area (Å²) in [6.07, 6.45) is 0. The van der Waals surface area contributed by atoms with Gasteiger partial charge in [-0.25, -0.2) is 0 Å². The van der Waals surface area contributed by atoms with Crippen LogP contribution in [0.3, 0.4) is 0 Å². The van der Waals surface area contributed by atoms with Gasteiger partial charge in [0.05, 0.1) is 0 Å². The van der Waals surface area contributed by atoms with Gasteiger partial charge in [-0.1, -0.05) is 0 Å². The van der Waals surface area contributed by atoms with Gasteiger partial charge in [0.15, 0.2) is 0 Å². The van der Waals surface area contributed by atoms with Crippen LogP contribution in [0.1, 0.15) is 22.3 Å². The molecule has 2 aromatic rings. The molecule has 2 aromatic carbocycles. The van der Waals surface area contributed by atoms with E-state index in [4.69, 9.17) is 0 Å². The molecule has 0 unspecified atom stereocenters. The zero-order valence-corrected chi connectivity index (χ0v) is 17.9. The summed E-state index contributed by atoms with van der Waals surface area (Å²) < 4.78 is 0. The third kappa shape index (κ3) is 4.77. The first kappa shape index (κ1) is 15.4. The molecule has 0 radical (unpaired) electrons. The van der Waals surface area contributed by atoms with Gasteiger partial charge in [0.1, 0.15) is 0 Å². The van der Waals surface area contributed by atoms with Crippen molar-refractivity contribution in [3.05, 3.63) is 70.8 Å². The van der Waals surface area contributed by atoms with E-state index in [1.807, 2.05) is 0 Å². The second kappa shape index (κ2) is 8.23. The molecule has 0 fully saturated rings. The third-order valence-electron chi connectivity index (χ3n) is 3.11. The summed E-state index contributed by atoms with van der Waals surface area (Å²) in [6, 6.07) is 19.0. The Balaban J connectivity index is 1.71. The quantitative estimate of drug-likeness (QED) is 0.464. The molecule has 4 heteroatoms. The standard InChI is InChI=1S/C16H16Se4/c1-2-14-4-3-13(1)9-17-19-11-15-5-7-16(8-6-15)12-20-18-10-14/h1-8H,9-12H2. The van der Waals surface area contributed by atoms with E-state index in [0.717, 1.165) is 52.5 Å². The molecule has 0 aliphatic carbocycles. The Morgan fingerprint density at radius 3 is 0.800 bits per heavy atom. The first-order valence-corrected chi connectivity index (χ1v) is 20.1. The summed E-state index contributed by atoms with van der Waals surface area (Å²) in [7, 11) is 0. The van der Waals surface area contributed by atoms with Gasteiger partial charge in [-0.3, -0.25) is 0 Å². The fourth-order valence-electron chi connectivity index (χ4n) is 1.90. The van der Waals surface area contributed by atoms with Crippen molar-refractivity contribution in [2.24, 2.45) is 0 Å². The van der Waals surface area contributed by atoms with Crippen LogP contribution in [0.2, 0.25) is 0 Å². The first-order valence-electron chi connectivity index (χ1n) is 6.54. The van der Waals surface area contributed by atoms with Gasteiger partial charge < -0.3 is 0 Å². The number of hydrogen-bond acceptors (Lipinski definition) is 0. The minimum absolute atomic E-state index is 0.803. The number of benzene rings is 2. The maximum absolute atomic E-state index is 2.37. The molecular formula is C16H16Se4. The molecule has 0 amide bonds. The predicted molar refractivity (Wildman–Crippen MR) is 90.7 cm³/mol. The van der Waals surface area contributed by atoms with Gasteiger partial charge >= 0.3 is 145 Å². The van der Waals surface area contributed by atoms with Crippen molar-refractivity contribution in [3.8, 4) is 0 Å². The van der Waals surface area contributed by atoms with Gasteiger partial charge in [-0.05, 0) is 0 Å². The molecule has 104 valence electrons. The zero-order chi connectivity index (χ0) is 13.6. The summed E-state index contributed by atoms with van der Waals surface area (Å²) >= 11 is 3.21. The van der Waals surface area contributed by atoms with Crippen LogP contribution in [-0.4, -0.2) is 52.5 Å². The molecule has 4 heterocycles. The molecule has 0 N–H and O–H groups in total. The SMILES string of the molecule is c1cc2ccc1C[Se][Se]Cc1ccc(cc1)C[Se][Se]C2. The first-order chi connectivity index (χ1) is 9.90. The van der Waals surface area contributed by atoms with Crippen LogP contribution in [0.4, 0.5) is 0 Å². The van der Waals surface area contributed by atoms with Crippen molar-refractivity contribution in [2.45, 2.75) is 21.3 Å². The van der Waals surface area contributed by atoms with Crippen LogP contribution in [0.5, 0.6) is 0 Å². The Labute approximate surface area is 143 Å². The summed E-state index contributed by atoms with van der Waals surface area (Å²) in [5.41, 5.74) is 6.21. The third-order valence-corrected chi connectivity index (χ3v) is 16.4.